The summed E-state index contributed by atoms with van der Waals surface area (Å²) in [6.45, 7) is -0.0515. The Balaban J connectivity index is 2.16. The third-order valence-corrected chi connectivity index (χ3v) is 3.34. The molecule has 0 saturated heterocycles. The van der Waals surface area contributed by atoms with Gasteiger partial charge in [0.25, 0.3) is 5.91 Å². The summed E-state index contributed by atoms with van der Waals surface area (Å²) >= 11 is 4.71. The van der Waals surface area contributed by atoms with Gasteiger partial charge in [-0.1, -0.05) is 12.2 Å². The van der Waals surface area contributed by atoms with Crippen molar-refractivity contribution in [3.05, 3.63) is 53.5 Å². The minimum Gasteiger partial charge on any atom is -0.467 e. The lowest BCUT2D eigenvalue weighted by Gasteiger charge is -2.15. The van der Waals surface area contributed by atoms with Crippen LogP contribution in [0.3, 0.4) is 0 Å². The second-order valence-electron chi connectivity index (χ2n) is 5.01. The smallest absolute Gasteiger partial charge is 0.416 e. The molecule has 4 nitrogen and oxygen atoms in total. The van der Waals surface area contributed by atoms with Gasteiger partial charge in [-0.15, -0.1) is 0 Å². The van der Waals surface area contributed by atoms with Crippen molar-refractivity contribution in [2.75, 3.05) is 5.32 Å². The van der Waals surface area contributed by atoms with Crippen LogP contribution >= 0.6 is 12.2 Å². The van der Waals surface area contributed by atoms with Crippen molar-refractivity contribution >= 4 is 28.8 Å². The highest BCUT2D eigenvalue weighted by atomic mass is 32.1. The van der Waals surface area contributed by atoms with E-state index >= 15 is 0 Å². The van der Waals surface area contributed by atoms with Crippen LogP contribution in [0.4, 0.5) is 32.0 Å². The molecule has 0 fully saturated rings. The van der Waals surface area contributed by atoms with Gasteiger partial charge in [0.2, 0.25) is 0 Å². The third kappa shape index (κ3) is 5.22. The average Bonchev–Trinajstić information content (AvgIpc) is 3.04. The highest BCUT2D eigenvalue weighted by molar-refractivity contribution is 7.82. The van der Waals surface area contributed by atoms with Gasteiger partial charge in [-0.05, 0) is 30.3 Å². The number of hydrogen-bond donors (Lipinski definition) is 2. The molecule has 0 saturated carbocycles. The number of furan rings is 1. The maximum atomic E-state index is 12.8. The van der Waals surface area contributed by atoms with Crippen molar-refractivity contribution in [3.8, 4) is 0 Å². The Labute approximate surface area is 148 Å². The SMILES string of the molecule is O=C(NCc1ccco1)C(=S)Nc1cc(C(F)(F)F)cc(C(F)(F)F)c1. The quantitative estimate of drug-likeness (QED) is 0.598. The Morgan fingerprint density at radius 3 is 2.08 bits per heavy atom. The molecule has 140 valence electrons. The van der Waals surface area contributed by atoms with Gasteiger partial charge in [0.1, 0.15) is 5.76 Å². The van der Waals surface area contributed by atoms with Crippen LogP contribution in [0.15, 0.2) is 41.0 Å². The van der Waals surface area contributed by atoms with Crippen molar-refractivity contribution in [1.29, 1.82) is 0 Å². The van der Waals surface area contributed by atoms with Crippen LogP contribution in [0.5, 0.6) is 0 Å². The van der Waals surface area contributed by atoms with Crippen LogP contribution in [0.25, 0.3) is 0 Å². The van der Waals surface area contributed by atoms with Gasteiger partial charge in [0.15, 0.2) is 4.99 Å². The summed E-state index contributed by atoms with van der Waals surface area (Å²) in [7, 11) is 0. The van der Waals surface area contributed by atoms with Gasteiger partial charge < -0.3 is 15.1 Å². The summed E-state index contributed by atoms with van der Waals surface area (Å²) in [4.78, 5) is 11.2. The summed E-state index contributed by atoms with van der Waals surface area (Å²) in [5.41, 5.74) is -3.65. The van der Waals surface area contributed by atoms with Crippen LogP contribution in [0.1, 0.15) is 16.9 Å². The van der Waals surface area contributed by atoms with E-state index in [1.165, 1.54) is 6.26 Å². The number of amides is 1. The molecule has 0 bridgehead atoms. The molecule has 0 radical (unpaired) electrons. The van der Waals surface area contributed by atoms with E-state index in [1.54, 1.807) is 12.1 Å². The average molecular weight is 396 g/mol. The topological polar surface area (TPSA) is 54.3 Å². The number of rotatable bonds is 3. The minimum atomic E-state index is -5.00. The molecular weight excluding hydrogens is 386 g/mol. The number of carbonyl (C=O) groups is 1. The molecule has 1 aromatic heterocycles. The van der Waals surface area contributed by atoms with Gasteiger partial charge in [0.05, 0.1) is 23.9 Å². The zero-order valence-electron chi connectivity index (χ0n) is 12.7. The molecule has 2 rings (SSSR count). The Kier molecular flexibility index (Phi) is 5.59. The summed E-state index contributed by atoms with van der Waals surface area (Å²) in [6.07, 6.45) is -8.64. The van der Waals surface area contributed by atoms with Gasteiger partial charge in [-0.3, -0.25) is 4.79 Å². The first-order valence-electron chi connectivity index (χ1n) is 6.88. The molecule has 0 aliphatic rings. The highest BCUT2D eigenvalue weighted by Crippen LogP contribution is 2.37. The largest absolute Gasteiger partial charge is 0.467 e. The monoisotopic (exact) mass is 396 g/mol. The number of alkyl halides is 6. The predicted octanol–water partition coefficient (Wildman–Crippen LogP) is 4.37. The third-order valence-electron chi connectivity index (χ3n) is 3.06. The molecule has 2 aromatic rings. The lowest BCUT2D eigenvalue weighted by atomic mass is 10.1. The normalized spacial score (nSPS) is 11.9. The van der Waals surface area contributed by atoms with Crippen LogP contribution in [0, 0.1) is 0 Å². The second kappa shape index (κ2) is 7.36. The summed E-state index contributed by atoms with van der Waals surface area (Å²) in [5.74, 6) is -0.498. The fraction of sp³-hybridized carbons (Fsp3) is 0.200. The van der Waals surface area contributed by atoms with Crippen LogP contribution in [-0.2, 0) is 23.7 Å². The van der Waals surface area contributed by atoms with Gasteiger partial charge >= 0.3 is 12.4 Å². The molecule has 0 atom stereocenters. The molecule has 0 unspecified atom stereocenters. The van der Waals surface area contributed by atoms with Crippen LogP contribution < -0.4 is 10.6 Å². The highest BCUT2D eigenvalue weighted by Gasteiger charge is 2.37. The number of halogens is 6. The van der Waals surface area contributed by atoms with Crippen molar-refractivity contribution < 1.29 is 35.6 Å². The molecule has 0 spiro atoms. The molecular formula is C15H10F6N2O2S. The second-order valence-corrected chi connectivity index (χ2v) is 5.42. The van der Waals surface area contributed by atoms with Gasteiger partial charge in [-0.25, -0.2) is 0 Å². The first-order valence-corrected chi connectivity index (χ1v) is 7.28. The first-order chi connectivity index (χ1) is 12.0. The standard InChI is InChI=1S/C15H10F6N2O2S/c16-14(17,18)8-4-9(15(19,20)21)6-10(5-8)23-13(26)12(24)22-7-11-2-1-3-25-11/h1-6H,7H2,(H,22,24)(H,23,26). The Hall–Kier alpha value is -2.56. The van der Waals surface area contributed by atoms with Gasteiger partial charge in [-0.2, -0.15) is 26.3 Å². The van der Waals surface area contributed by atoms with E-state index in [1.807, 2.05) is 0 Å². The number of nitrogens with one attached hydrogen (secondary N) is 2. The van der Waals surface area contributed by atoms with Crippen molar-refractivity contribution in [2.45, 2.75) is 18.9 Å². The lowest BCUT2D eigenvalue weighted by Crippen LogP contribution is -2.33. The predicted molar refractivity (Wildman–Crippen MR) is 83.2 cm³/mol. The van der Waals surface area contributed by atoms with Crippen LogP contribution in [-0.4, -0.2) is 10.9 Å². The fourth-order valence-corrected chi connectivity index (χ4v) is 2.07. The van der Waals surface area contributed by atoms with E-state index in [9.17, 15) is 31.1 Å². The van der Waals surface area contributed by atoms with E-state index in [0.29, 0.717) is 17.9 Å². The first kappa shape index (κ1) is 19.8. The summed E-state index contributed by atoms with van der Waals surface area (Å²) in [6, 6.07) is 3.96. The number of hydrogen-bond acceptors (Lipinski definition) is 3. The van der Waals surface area contributed by atoms with Gasteiger partial charge in [0, 0.05) is 5.69 Å². The molecule has 0 aliphatic heterocycles. The molecule has 1 aromatic carbocycles. The van der Waals surface area contributed by atoms with Crippen LogP contribution in [0.2, 0.25) is 0 Å². The van der Waals surface area contributed by atoms with E-state index < -0.39 is 40.1 Å². The van der Waals surface area contributed by atoms with E-state index in [4.69, 9.17) is 16.6 Å². The Bertz CT molecular complexity index is 767. The van der Waals surface area contributed by atoms with E-state index in [-0.39, 0.29) is 12.6 Å². The zero-order chi connectivity index (χ0) is 19.5. The summed E-state index contributed by atoms with van der Waals surface area (Å²) in [5, 5.41) is 4.40. The van der Waals surface area contributed by atoms with Crippen molar-refractivity contribution in [3.63, 3.8) is 0 Å². The number of thiocarbonyl (C=S) groups is 1. The molecule has 11 heteroatoms. The fourth-order valence-electron chi connectivity index (χ4n) is 1.88. The van der Waals surface area contributed by atoms with E-state index in [0.717, 1.165) is 0 Å². The molecule has 1 amide bonds. The lowest BCUT2D eigenvalue weighted by molar-refractivity contribution is -0.143. The zero-order valence-corrected chi connectivity index (χ0v) is 13.5. The van der Waals surface area contributed by atoms with Crippen molar-refractivity contribution in [2.24, 2.45) is 0 Å². The molecule has 26 heavy (non-hydrogen) atoms. The maximum Gasteiger partial charge on any atom is 0.416 e. The van der Waals surface area contributed by atoms with Crippen molar-refractivity contribution in [1.82, 2.24) is 5.32 Å². The number of anilines is 1. The minimum absolute atomic E-state index is 0.0226. The molecule has 1 heterocycles. The molecule has 2 N–H and O–H groups in total. The Morgan fingerprint density at radius 1 is 1.04 bits per heavy atom. The molecule has 0 aliphatic carbocycles. The Morgan fingerprint density at radius 2 is 1.62 bits per heavy atom. The number of benzene rings is 1. The maximum absolute atomic E-state index is 12.8. The number of carbonyl (C=O) groups excluding carboxylic acids is 1. The summed E-state index contributed by atoms with van der Waals surface area (Å²) < 4.78 is 81.7. The van der Waals surface area contributed by atoms with E-state index in [2.05, 4.69) is 10.6 Å².